The fourth-order valence-corrected chi connectivity index (χ4v) is 3.90. The lowest BCUT2D eigenvalue weighted by Crippen LogP contribution is -2.50. The zero-order valence-electron chi connectivity index (χ0n) is 14.6. The molecule has 1 aromatic carbocycles. The predicted molar refractivity (Wildman–Crippen MR) is 93.7 cm³/mol. The normalized spacial score (nSPS) is 22.6. The van der Waals surface area contributed by atoms with Crippen molar-refractivity contribution in [2.24, 2.45) is 5.92 Å². The molecule has 1 heterocycles. The molecule has 130 valence electrons. The summed E-state index contributed by atoms with van der Waals surface area (Å²) in [6.07, 6.45) is 4.45. The van der Waals surface area contributed by atoms with Crippen molar-refractivity contribution >= 4 is 11.8 Å². The van der Waals surface area contributed by atoms with Gasteiger partial charge in [-0.3, -0.25) is 14.5 Å². The fourth-order valence-electron chi connectivity index (χ4n) is 3.90. The smallest absolute Gasteiger partial charge is 0.251 e. The van der Waals surface area contributed by atoms with E-state index in [2.05, 4.69) is 23.3 Å². The Morgan fingerprint density at radius 1 is 1.17 bits per heavy atom. The molecule has 1 N–H and O–H groups in total. The molecule has 1 saturated heterocycles. The van der Waals surface area contributed by atoms with Crippen molar-refractivity contribution < 1.29 is 9.59 Å². The molecule has 2 fully saturated rings. The van der Waals surface area contributed by atoms with Crippen molar-refractivity contribution in [1.82, 2.24) is 15.1 Å². The number of hydrogen-bond donors (Lipinski definition) is 1. The molecule has 0 bridgehead atoms. The minimum absolute atomic E-state index is 0.0748. The first-order valence-electron chi connectivity index (χ1n) is 8.91. The van der Waals surface area contributed by atoms with E-state index >= 15 is 0 Å². The third-order valence-electron chi connectivity index (χ3n) is 5.42. The molecule has 1 atom stereocenters. The highest BCUT2D eigenvalue weighted by atomic mass is 16.2. The summed E-state index contributed by atoms with van der Waals surface area (Å²) in [5.41, 5.74) is 1.77. The van der Waals surface area contributed by atoms with Gasteiger partial charge in [0.25, 0.3) is 5.91 Å². The van der Waals surface area contributed by atoms with Crippen LogP contribution in [0.1, 0.15) is 47.6 Å². The quantitative estimate of drug-likeness (QED) is 0.923. The van der Waals surface area contributed by atoms with Gasteiger partial charge in [0.2, 0.25) is 5.91 Å². The van der Waals surface area contributed by atoms with Gasteiger partial charge in [-0.25, -0.2) is 0 Å². The van der Waals surface area contributed by atoms with Gasteiger partial charge in [0.1, 0.15) is 0 Å². The molecule has 2 aliphatic rings. The van der Waals surface area contributed by atoms with Crippen LogP contribution in [0.15, 0.2) is 24.3 Å². The molecule has 2 amide bonds. The number of hydrogen-bond acceptors (Lipinski definition) is 3. The molecule has 5 heteroatoms. The monoisotopic (exact) mass is 329 g/mol. The number of carbonyl (C=O) groups is 2. The minimum atomic E-state index is -0.0748. The summed E-state index contributed by atoms with van der Waals surface area (Å²) < 4.78 is 0. The zero-order valence-corrected chi connectivity index (χ0v) is 14.6. The van der Waals surface area contributed by atoms with E-state index in [1.165, 1.54) is 12.8 Å². The molecule has 0 spiro atoms. The van der Waals surface area contributed by atoms with Gasteiger partial charge in [0, 0.05) is 38.2 Å². The molecule has 24 heavy (non-hydrogen) atoms. The molecule has 1 aliphatic carbocycles. The summed E-state index contributed by atoms with van der Waals surface area (Å²) in [6, 6.07) is 7.90. The van der Waals surface area contributed by atoms with Crippen LogP contribution >= 0.6 is 0 Å². The maximum Gasteiger partial charge on any atom is 0.251 e. The van der Waals surface area contributed by atoms with Gasteiger partial charge in [-0.05, 0) is 37.6 Å². The van der Waals surface area contributed by atoms with Gasteiger partial charge in [-0.1, -0.05) is 25.0 Å². The van der Waals surface area contributed by atoms with Crippen molar-refractivity contribution in [3.8, 4) is 0 Å². The second-order valence-corrected chi connectivity index (χ2v) is 6.97. The highest BCUT2D eigenvalue weighted by molar-refractivity contribution is 5.94. The summed E-state index contributed by atoms with van der Waals surface area (Å²) in [6.45, 7) is 2.38. The van der Waals surface area contributed by atoms with Gasteiger partial charge in [-0.2, -0.15) is 0 Å². The number of nitrogens with zero attached hydrogens (tertiary/aromatic N) is 2. The van der Waals surface area contributed by atoms with Crippen molar-refractivity contribution in [3.05, 3.63) is 35.4 Å². The predicted octanol–water partition coefficient (Wildman–Crippen LogP) is 2.05. The van der Waals surface area contributed by atoms with Crippen molar-refractivity contribution in [2.75, 3.05) is 33.7 Å². The van der Waals surface area contributed by atoms with Crippen LogP contribution in [0.2, 0.25) is 0 Å². The molecule has 1 aromatic rings. The van der Waals surface area contributed by atoms with Crippen LogP contribution in [0.3, 0.4) is 0 Å². The molecule has 1 saturated carbocycles. The Morgan fingerprint density at radius 2 is 1.92 bits per heavy atom. The Labute approximate surface area is 144 Å². The van der Waals surface area contributed by atoms with Crippen LogP contribution in [-0.2, 0) is 4.79 Å². The Balaban J connectivity index is 1.76. The van der Waals surface area contributed by atoms with E-state index < -0.39 is 0 Å². The SMILES string of the molecule is CNC(=O)c1cccc([C@@H]2CN(C(=O)C3CCCC3)CCN2C)c1. The number of nitrogens with one attached hydrogen (secondary N) is 1. The topological polar surface area (TPSA) is 52.7 Å². The lowest BCUT2D eigenvalue weighted by atomic mass is 9.98. The summed E-state index contributed by atoms with van der Waals surface area (Å²) in [4.78, 5) is 29.0. The van der Waals surface area contributed by atoms with Gasteiger partial charge in [-0.15, -0.1) is 0 Å². The van der Waals surface area contributed by atoms with E-state index in [0.29, 0.717) is 18.0 Å². The van der Waals surface area contributed by atoms with Crippen LogP contribution in [0, 0.1) is 5.92 Å². The van der Waals surface area contributed by atoms with Crippen LogP contribution in [0.4, 0.5) is 0 Å². The lowest BCUT2D eigenvalue weighted by molar-refractivity contribution is -0.138. The highest BCUT2D eigenvalue weighted by Gasteiger charge is 2.33. The van der Waals surface area contributed by atoms with Gasteiger partial charge in [0.15, 0.2) is 0 Å². The van der Waals surface area contributed by atoms with E-state index in [9.17, 15) is 9.59 Å². The largest absolute Gasteiger partial charge is 0.355 e. The van der Waals surface area contributed by atoms with Gasteiger partial charge in [0.05, 0.1) is 6.04 Å². The third-order valence-corrected chi connectivity index (χ3v) is 5.42. The van der Waals surface area contributed by atoms with Gasteiger partial charge >= 0.3 is 0 Å². The van der Waals surface area contributed by atoms with Crippen molar-refractivity contribution in [2.45, 2.75) is 31.7 Å². The standard InChI is InChI=1S/C19H27N3O2/c1-20-18(23)16-9-5-8-15(12-16)17-13-22(11-10-21(17)2)19(24)14-6-3-4-7-14/h5,8-9,12,14,17H,3-4,6-7,10-11,13H2,1-2H3,(H,20,23)/t17-/m0/s1. The van der Waals surface area contributed by atoms with E-state index in [-0.39, 0.29) is 17.9 Å². The Bertz CT molecular complexity index is 610. The molecule has 5 nitrogen and oxygen atoms in total. The number of amides is 2. The van der Waals surface area contributed by atoms with E-state index in [4.69, 9.17) is 0 Å². The van der Waals surface area contributed by atoms with Crippen LogP contribution in [0.5, 0.6) is 0 Å². The number of piperazine rings is 1. The summed E-state index contributed by atoms with van der Waals surface area (Å²) in [7, 11) is 3.73. The second kappa shape index (κ2) is 7.34. The maximum absolute atomic E-state index is 12.7. The van der Waals surface area contributed by atoms with Crippen molar-refractivity contribution in [3.63, 3.8) is 0 Å². The van der Waals surface area contributed by atoms with Crippen LogP contribution < -0.4 is 5.32 Å². The van der Waals surface area contributed by atoms with E-state index in [1.807, 2.05) is 23.1 Å². The van der Waals surface area contributed by atoms with E-state index in [0.717, 1.165) is 31.5 Å². The third kappa shape index (κ3) is 3.46. The first-order chi connectivity index (χ1) is 11.6. The Kier molecular flexibility index (Phi) is 5.19. The number of carbonyl (C=O) groups excluding carboxylic acids is 2. The summed E-state index contributed by atoms with van der Waals surface area (Å²) in [5, 5.41) is 2.67. The highest BCUT2D eigenvalue weighted by Crippen LogP contribution is 2.30. The number of benzene rings is 1. The average molecular weight is 329 g/mol. The van der Waals surface area contributed by atoms with Crippen LogP contribution in [-0.4, -0.2) is 55.3 Å². The lowest BCUT2D eigenvalue weighted by Gasteiger charge is -2.40. The Morgan fingerprint density at radius 3 is 2.62 bits per heavy atom. The van der Waals surface area contributed by atoms with Crippen LogP contribution in [0.25, 0.3) is 0 Å². The zero-order chi connectivity index (χ0) is 17.1. The van der Waals surface area contributed by atoms with E-state index in [1.54, 1.807) is 7.05 Å². The first kappa shape index (κ1) is 17.0. The number of likely N-dealkylation sites (N-methyl/N-ethyl adjacent to an activating group) is 1. The Hall–Kier alpha value is -1.88. The average Bonchev–Trinajstić information content (AvgIpc) is 3.15. The molecule has 0 aromatic heterocycles. The molecular weight excluding hydrogens is 302 g/mol. The number of rotatable bonds is 3. The maximum atomic E-state index is 12.7. The molecular formula is C19H27N3O2. The fraction of sp³-hybridized carbons (Fsp3) is 0.579. The van der Waals surface area contributed by atoms with Crippen molar-refractivity contribution in [1.29, 1.82) is 0 Å². The summed E-state index contributed by atoms with van der Waals surface area (Å²) in [5.74, 6) is 0.480. The summed E-state index contributed by atoms with van der Waals surface area (Å²) >= 11 is 0. The first-order valence-corrected chi connectivity index (χ1v) is 8.91. The van der Waals surface area contributed by atoms with Gasteiger partial charge < -0.3 is 10.2 Å². The molecule has 0 unspecified atom stereocenters. The molecule has 1 aliphatic heterocycles. The molecule has 3 rings (SSSR count). The second-order valence-electron chi connectivity index (χ2n) is 6.97. The molecule has 0 radical (unpaired) electrons. The minimum Gasteiger partial charge on any atom is -0.355 e.